The molecule has 386 valence electrons. The summed E-state index contributed by atoms with van der Waals surface area (Å²) in [4.78, 5) is 113. The van der Waals surface area contributed by atoms with Crippen LogP contribution in [0.1, 0.15) is 98.6 Å². The molecule has 2 aliphatic rings. The summed E-state index contributed by atoms with van der Waals surface area (Å²) >= 11 is 0. The second-order valence-electron chi connectivity index (χ2n) is 18.1. The van der Waals surface area contributed by atoms with Gasteiger partial charge in [0.15, 0.2) is 5.69 Å². The van der Waals surface area contributed by atoms with Crippen molar-refractivity contribution < 1.29 is 47.8 Å². The zero-order valence-electron chi connectivity index (χ0n) is 42.0. The van der Waals surface area contributed by atoms with Gasteiger partial charge in [0.2, 0.25) is 35.4 Å². The van der Waals surface area contributed by atoms with Gasteiger partial charge in [0, 0.05) is 45.5 Å². The highest BCUT2D eigenvalue weighted by Crippen LogP contribution is 2.25. The van der Waals surface area contributed by atoms with Gasteiger partial charge in [-0.3, -0.25) is 43.5 Å². The van der Waals surface area contributed by atoms with E-state index in [4.69, 9.17) is 9.47 Å². The fraction of sp³-hybridized carbons (Fsp3) is 0.531. The summed E-state index contributed by atoms with van der Waals surface area (Å²) in [7, 11) is 6.01. The third-order valence-corrected chi connectivity index (χ3v) is 13.3. The Labute approximate surface area is 414 Å². The molecule has 12 atom stereocenters. The summed E-state index contributed by atoms with van der Waals surface area (Å²) < 4.78 is 11.0. The lowest BCUT2D eigenvalue weighted by Crippen LogP contribution is -2.59. The number of aromatic amines is 1. The minimum atomic E-state index is -1.18. The Morgan fingerprint density at radius 3 is 1.37 bits per heavy atom. The third kappa shape index (κ3) is 14.0. The van der Waals surface area contributed by atoms with Crippen LogP contribution in [0.4, 0.5) is 0 Å². The molecule has 9 N–H and O–H groups in total. The van der Waals surface area contributed by atoms with Crippen molar-refractivity contribution in [3.8, 4) is 0 Å². The van der Waals surface area contributed by atoms with Crippen LogP contribution in [0.15, 0.2) is 66.7 Å². The number of rotatable bonds is 22. The van der Waals surface area contributed by atoms with E-state index in [9.17, 15) is 38.4 Å². The third-order valence-electron chi connectivity index (χ3n) is 13.3. The standard InChI is InChI=1S/C49H70N12O10/c1-26(32-17-13-11-14-18-32)52-46(66)38-21-34(24-60(38)48(68)40(30(5)70-9)56-42(62)28(3)50-7)54-44(64)36-23-37(59-58-36)45(65)55-35-22-39(47(67)53-27(2)33-19-15-12-16-20-33)61(25-35)49(69)41(31(6)71-10)57-43(63)29(4)51-8/h11-20,23,26-31,34-35,38-41,50-51H,21-22,24-25H2,1-10H3,(H,52,66)(H,53,67)(H,54,64)(H,55,65)(H,56,62)(H,57,63)(H,58,59)/t26-,27-,28+,29+,30-,31-,34+,35+,38+,39+,40+,41+/m1/s1. The van der Waals surface area contributed by atoms with Crippen LogP contribution in [0.25, 0.3) is 0 Å². The molecule has 0 radical (unpaired) electrons. The molecule has 0 aliphatic carbocycles. The van der Waals surface area contributed by atoms with Crippen LogP contribution < -0.4 is 42.5 Å². The van der Waals surface area contributed by atoms with E-state index in [-0.39, 0.29) is 37.3 Å². The topological polar surface area (TPSA) is 286 Å². The molecule has 2 saturated heterocycles. The number of amides is 8. The number of carbonyl (C=O) groups is 8. The SMILES string of the molecule is CN[C@@H](C)C(=O)N[C@H](C(=O)N1C[C@@H](NC(=O)c2cc(C(=O)N[C@H]3C[C@@H](C(=O)N[C@H](C)c4ccccc4)N(C(=O)[C@@H](NC(=O)[C@H](C)NC)[C@@H](C)OC)C3)[nH]n2)C[C@H]1C(=O)N[C@H](C)c1ccccc1)[C@@H](C)OC. The van der Waals surface area contributed by atoms with Crippen molar-refractivity contribution in [1.29, 1.82) is 0 Å². The first-order valence-corrected chi connectivity index (χ1v) is 23.8. The maximum absolute atomic E-state index is 14.3. The molecular formula is C49H70N12O10. The van der Waals surface area contributed by atoms with Gasteiger partial charge in [-0.15, -0.1) is 0 Å². The van der Waals surface area contributed by atoms with Crippen LogP contribution in [0.2, 0.25) is 0 Å². The summed E-state index contributed by atoms with van der Waals surface area (Å²) in [5.74, 6) is -4.42. The fourth-order valence-corrected chi connectivity index (χ4v) is 8.42. The zero-order chi connectivity index (χ0) is 52.1. The van der Waals surface area contributed by atoms with Crippen LogP contribution in [-0.2, 0) is 38.2 Å². The predicted molar refractivity (Wildman–Crippen MR) is 261 cm³/mol. The van der Waals surface area contributed by atoms with E-state index in [1.807, 2.05) is 74.5 Å². The molecule has 22 nitrogen and oxygen atoms in total. The number of hydrogen-bond acceptors (Lipinski definition) is 13. The Kier molecular flexibility index (Phi) is 19.7. The first kappa shape index (κ1) is 55.2. The van der Waals surface area contributed by atoms with E-state index in [0.29, 0.717) is 0 Å². The Bertz CT molecular complexity index is 2180. The van der Waals surface area contributed by atoms with Gasteiger partial charge in [-0.2, -0.15) is 5.10 Å². The van der Waals surface area contributed by atoms with Crippen molar-refractivity contribution >= 4 is 47.3 Å². The van der Waals surface area contributed by atoms with Crippen LogP contribution in [0.5, 0.6) is 0 Å². The second-order valence-corrected chi connectivity index (χ2v) is 18.1. The molecule has 8 amide bonds. The number of nitrogens with one attached hydrogen (secondary N) is 9. The number of H-pyrrole nitrogens is 1. The Morgan fingerprint density at radius 1 is 0.592 bits per heavy atom. The molecule has 0 spiro atoms. The molecule has 3 heterocycles. The van der Waals surface area contributed by atoms with Gasteiger partial charge in [0.1, 0.15) is 29.9 Å². The highest BCUT2D eigenvalue weighted by molar-refractivity contribution is 5.99. The van der Waals surface area contributed by atoms with Crippen LogP contribution in [0, 0.1) is 0 Å². The molecule has 3 aromatic rings. The lowest BCUT2D eigenvalue weighted by molar-refractivity contribution is -0.144. The molecular weight excluding hydrogens is 917 g/mol. The van der Waals surface area contributed by atoms with Gasteiger partial charge in [-0.05, 0) is 79.6 Å². The van der Waals surface area contributed by atoms with E-state index in [1.54, 1.807) is 41.8 Å². The summed E-state index contributed by atoms with van der Waals surface area (Å²) in [6, 6.07) is 11.6. The number of hydrogen-bond donors (Lipinski definition) is 9. The molecule has 0 saturated carbocycles. The van der Waals surface area contributed by atoms with Crippen molar-refractivity contribution in [2.24, 2.45) is 0 Å². The van der Waals surface area contributed by atoms with Crippen molar-refractivity contribution in [1.82, 2.24) is 62.5 Å². The number of likely N-dealkylation sites (N-methyl/N-ethyl adjacent to an activating group) is 2. The molecule has 1 aromatic heterocycles. The monoisotopic (exact) mass is 987 g/mol. The van der Waals surface area contributed by atoms with Crippen molar-refractivity contribution in [2.75, 3.05) is 41.4 Å². The van der Waals surface area contributed by atoms with Crippen LogP contribution >= 0.6 is 0 Å². The number of benzene rings is 2. The molecule has 71 heavy (non-hydrogen) atoms. The van der Waals surface area contributed by atoms with Gasteiger partial charge in [0.25, 0.3) is 11.8 Å². The van der Waals surface area contributed by atoms with Gasteiger partial charge in [-0.25, -0.2) is 0 Å². The van der Waals surface area contributed by atoms with Gasteiger partial charge in [-0.1, -0.05) is 60.7 Å². The summed E-state index contributed by atoms with van der Waals surface area (Å²) in [5.41, 5.74) is 1.40. The van der Waals surface area contributed by atoms with Crippen molar-refractivity contribution in [3.05, 3.63) is 89.2 Å². The first-order chi connectivity index (χ1) is 33.8. The smallest absolute Gasteiger partial charge is 0.272 e. The van der Waals surface area contributed by atoms with E-state index in [2.05, 4.69) is 52.7 Å². The Hall–Kier alpha value is -6.75. The average Bonchev–Trinajstić information content (AvgIpc) is 4.16. The molecule has 5 rings (SSSR count). The van der Waals surface area contributed by atoms with E-state index >= 15 is 0 Å². The van der Waals surface area contributed by atoms with Crippen LogP contribution in [0.3, 0.4) is 0 Å². The van der Waals surface area contributed by atoms with Gasteiger partial charge in [0.05, 0.1) is 36.4 Å². The van der Waals surface area contributed by atoms with Crippen molar-refractivity contribution in [2.45, 2.75) is 127 Å². The molecule has 2 aromatic carbocycles. The molecule has 2 fully saturated rings. The molecule has 0 unspecified atom stereocenters. The maximum Gasteiger partial charge on any atom is 0.272 e. The Morgan fingerprint density at radius 2 is 0.986 bits per heavy atom. The lowest BCUT2D eigenvalue weighted by Gasteiger charge is -2.32. The van der Waals surface area contributed by atoms with E-state index < -0.39 is 120 Å². The predicted octanol–water partition coefficient (Wildman–Crippen LogP) is -0.182. The van der Waals surface area contributed by atoms with Gasteiger partial charge < -0.3 is 61.8 Å². The van der Waals surface area contributed by atoms with E-state index in [0.717, 1.165) is 11.1 Å². The summed E-state index contributed by atoms with van der Waals surface area (Å²) in [5, 5.41) is 29.5. The molecule has 22 heteroatoms. The minimum Gasteiger partial charge on any atom is -0.379 e. The normalized spacial score (nSPS) is 21.0. The second kappa shape index (κ2) is 25.4. The van der Waals surface area contributed by atoms with Crippen molar-refractivity contribution in [3.63, 3.8) is 0 Å². The number of likely N-dealkylation sites (tertiary alicyclic amines) is 2. The first-order valence-electron chi connectivity index (χ1n) is 23.8. The number of aromatic nitrogens is 2. The van der Waals surface area contributed by atoms with Gasteiger partial charge >= 0.3 is 0 Å². The largest absolute Gasteiger partial charge is 0.379 e. The number of nitrogens with zero attached hydrogens (tertiary/aromatic N) is 3. The fourth-order valence-electron chi connectivity index (χ4n) is 8.42. The average molecular weight is 987 g/mol. The minimum absolute atomic E-state index is 0.00945. The highest BCUT2D eigenvalue weighted by Gasteiger charge is 2.46. The lowest BCUT2D eigenvalue weighted by atomic mass is 10.1. The quantitative estimate of drug-likeness (QED) is 0.0633. The number of methoxy groups -OCH3 is 2. The zero-order valence-corrected chi connectivity index (χ0v) is 42.0. The molecule has 2 aliphatic heterocycles. The maximum atomic E-state index is 14.3. The number of carbonyl (C=O) groups excluding carboxylic acids is 8. The summed E-state index contributed by atoms with van der Waals surface area (Å²) in [6.07, 6.45) is -1.56. The van der Waals surface area contributed by atoms with E-state index in [1.165, 1.54) is 30.1 Å². The highest BCUT2D eigenvalue weighted by atomic mass is 16.5. The number of ether oxygens (including phenoxy) is 2. The van der Waals surface area contributed by atoms with Crippen LogP contribution in [-0.4, -0.2) is 169 Å². The summed E-state index contributed by atoms with van der Waals surface area (Å²) in [6.45, 7) is 9.92. The molecule has 0 bridgehead atoms. The Balaban J connectivity index is 1.32.